The zero-order valence-electron chi connectivity index (χ0n) is 25.1. The van der Waals surface area contributed by atoms with Crippen molar-refractivity contribution in [2.24, 2.45) is 5.92 Å². The summed E-state index contributed by atoms with van der Waals surface area (Å²) in [4.78, 5) is 0. The van der Waals surface area contributed by atoms with Gasteiger partial charge in [0.2, 0.25) is 0 Å². The van der Waals surface area contributed by atoms with Gasteiger partial charge in [0.05, 0.1) is 0 Å². The third-order valence-electron chi connectivity index (χ3n) is 9.08. The van der Waals surface area contributed by atoms with Gasteiger partial charge >= 0.3 is 185 Å². The second-order valence-corrected chi connectivity index (χ2v) is 21.5. The van der Waals surface area contributed by atoms with E-state index in [-0.39, 0.29) is 0 Å². The first-order valence-corrected chi connectivity index (χ1v) is 21.3. The van der Waals surface area contributed by atoms with E-state index in [4.69, 9.17) is 0 Å². The van der Waals surface area contributed by atoms with Crippen LogP contribution in [0.3, 0.4) is 0 Å². The molecule has 4 aromatic rings. The van der Waals surface area contributed by atoms with Crippen molar-refractivity contribution in [1.29, 1.82) is 0 Å². The first kappa shape index (κ1) is 29.7. The van der Waals surface area contributed by atoms with E-state index in [1.165, 1.54) is 36.8 Å². The molecule has 41 heavy (non-hydrogen) atoms. The standard InChI is InChI=1S/C12H11Si.C12H10.C9H13.C5H10N.Ti/c1-3-7-11(8-4-1)13-12-9-5-2-6-10-12;1-3-7-11(8-4-1)12-9-5-2-6-10-12;1-6-5-7(2)9(4)8(6)3;6-5-3-1-2-4-5;/h1-10,13H;1-10H;6H,1-4H3;5-6H,1-4H2;/q;;;-1;+1. The molecule has 2 aliphatic carbocycles. The van der Waals surface area contributed by atoms with Crippen LogP contribution in [0.2, 0.25) is 0 Å². The van der Waals surface area contributed by atoms with Crippen LogP contribution in [0.25, 0.3) is 11.1 Å². The van der Waals surface area contributed by atoms with Crippen molar-refractivity contribution in [3.05, 3.63) is 142 Å². The Morgan fingerprint density at radius 3 is 1.39 bits per heavy atom. The Morgan fingerprint density at radius 2 is 1.00 bits per heavy atom. The average molecular weight is 591 g/mol. The van der Waals surface area contributed by atoms with Crippen LogP contribution in [-0.2, 0) is 17.4 Å². The van der Waals surface area contributed by atoms with Crippen molar-refractivity contribution in [1.82, 2.24) is 3.80 Å². The zero-order chi connectivity index (χ0) is 28.6. The molecular weight excluding hydrogens is 546 g/mol. The molecule has 0 aliphatic heterocycles. The van der Waals surface area contributed by atoms with Crippen molar-refractivity contribution >= 4 is 17.0 Å². The Hall–Kier alpha value is -2.75. The van der Waals surface area contributed by atoms with E-state index < -0.39 is 24.0 Å². The zero-order valence-corrected chi connectivity index (χ0v) is 27.8. The van der Waals surface area contributed by atoms with Gasteiger partial charge in [-0.1, -0.05) is 60.7 Å². The summed E-state index contributed by atoms with van der Waals surface area (Å²) in [5.41, 5.74) is 7.32. The van der Waals surface area contributed by atoms with Crippen molar-refractivity contribution in [3.8, 4) is 11.1 Å². The summed E-state index contributed by atoms with van der Waals surface area (Å²) in [6.45, 7) is 8.25. The number of allylic oxidation sites excluding steroid dienone is 4. The fraction of sp³-hybridized carbons (Fsp3) is 0.263. The molecule has 209 valence electrons. The predicted molar refractivity (Wildman–Crippen MR) is 177 cm³/mol. The maximum Gasteiger partial charge on any atom is -0.0184 e. The van der Waals surface area contributed by atoms with Gasteiger partial charge in [-0.05, 0) is 11.1 Å². The molecule has 6 rings (SSSR count). The third kappa shape index (κ3) is 7.19. The fourth-order valence-electron chi connectivity index (χ4n) is 6.48. The van der Waals surface area contributed by atoms with E-state index in [0.29, 0.717) is 5.92 Å². The Labute approximate surface area is 255 Å². The van der Waals surface area contributed by atoms with Gasteiger partial charge in [0.1, 0.15) is 0 Å². The Bertz CT molecular complexity index is 1360. The first-order chi connectivity index (χ1) is 20.0. The van der Waals surface area contributed by atoms with E-state index in [1.54, 1.807) is 27.1 Å². The van der Waals surface area contributed by atoms with Gasteiger partial charge in [-0.3, -0.25) is 0 Å². The number of hydrogen-bond acceptors (Lipinski definition) is 1. The van der Waals surface area contributed by atoms with Crippen molar-refractivity contribution < 1.29 is 17.4 Å². The number of benzene rings is 4. The molecule has 4 aromatic carbocycles. The van der Waals surface area contributed by atoms with Crippen molar-refractivity contribution in [2.75, 3.05) is 0 Å². The van der Waals surface area contributed by atoms with Gasteiger partial charge in [-0.15, -0.1) is 0 Å². The Balaban J connectivity index is 0.000000234. The topological polar surface area (TPSA) is 12.0 Å². The predicted octanol–water partition coefficient (Wildman–Crippen LogP) is 8.20. The van der Waals surface area contributed by atoms with Crippen LogP contribution in [0.15, 0.2) is 142 Å². The van der Waals surface area contributed by atoms with Gasteiger partial charge in [-0.25, -0.2) is 0 Å². The summed E-state index contributed by atoms with van der Waals surface area (Å²) >= 11 is -1.74. The molecule has 0 spiro atoms. The molecule has 1 fully saturated rings. The smallest absolute Gasteiger partial charge is 0.0184 e. The van der Waals surface area contributed by atoms with Crippen LogP contribution >= 0.6 is 0 Å². The summed E-state index contributed by atoms with van der Waals surface area (Å²) in [7, 11) is 0. The minimum absolute atomic E-state index is 0.612. The number of nitrogens with one attached hydrogen (secondary N) is 1. The SMILES string of the molecule is CC1=C(C)C(C)[C]([Ti]([NH]C2CCCC2)[SiH](c2ccccc2)c2ccccc2)=C1C.c1ccc(-c2ccccc2)cc1. The molecule has 3 heteroatoms. The summed E-state index contributed by atoms with van der Waals surface area (Å²) in [5.74, 6) is 0.612. The van der Waals surface area contributed by atoms with Crippen LogP contribution in [0.1, 0.15) is 53.4 Å². The summed E-state index contributed by atoms with van der Waals surface area (Å²) in [5, 5.41) is 3.24. The molecule has 1 saturated carbocycles. The first-order valence-electron chi connectivity index (χ1n) is 15.3. The molecular formula is C38H44NSiTi. The molecule has 1 nitrogen and oxygen atoms in total. The summed E-state index contributed by atoms with van der Waals surface area (Å²) in [6.07, 6.45) is 5.53. The average Bonchev–Trinajstić information content (AvgIpc) is 3.62. The molecule has 1 atom stereocenters. The number of hydrogen-bond donors (Lipinski definition) is 1. The maximum absolute atomic E-state index is 4.40. The van der Waals surface area contributed by atoms with Gasteiger partial charge in [0.25, 0.3) is 0 Å². The minimum atomic E-state index is -1.74. The van der Waals surface area contributed by atoms with Gasteiger partial charge in [0, 0.05) is 0 Å². The van der Waals surface area contributed by atoms with Crippen molar-refractivity contribution in [2.45, 2.75) is 59.4 Å². The Morgan fingerprint density at radius 1 is 0.585 bits per heavy atom. The van der Waals surface area contributed by atoms with E-state index in [0.717, 1.165) is 6.04 Å². The molecule has 0 saturated heterocycles. The van der Waals surface area contributed by atoms with E-state index in [9.17, 15) is 0 Å². The van der Waals surface area contributed by atoms with Crippen LogP contribution in [-0.4, -0.2) is 12.7 Å². The van der Waals surface area contributed by atoms with Crippen LogP contribution < -0.4 is 14.2 Å². The van der Waals surface area contributed by atoms with Crippen LogP contribution in [0, 0.1) is 5.92 Å². The van der Waals surface area contributed by atoms with Crippen LogP contribution in [0.5, 0.6) is 0 Å². The summed E-state index contributed by atoms with van der Waals surface area (Å²) < 4.78 is 6.23. The largest absolute Gasteiger partial charge is 0.0622 e. The molecule has 0 bridgehead atoms. The molecule has 0 aromatic heterocycles. The maximum atomic E-state index is 4.40. The second-order valence-electron chi connectivity index (χ2n) is 11.6. The Kier molecular flexibility index (Phi) is 10.5. The normalized spacial score (nSPS) is 17.1. The second kappa shape index (κ2) is 14.4. The molecule has 0 radical (unpaired) electrons. The quantitative estimate of drug-likeness (QED) is 0.214. The van der Waals surface area contributed by atoms with Gasteiger partial charge in [-0.2, -0.15) is 0 Å². The molecule has 0 amide bonds. The molecule has 0 heterocycles. The fourth-order valence-corrected chi connectivity index (χ4v) is 22.7. The molecule has 1 unspecified atom stereocenters. The number of rotatable bonds is 7. The van der Waals surface area contributed by atoms with E-state index in [2.05, 4.69) is 141 Å². The van der Waals surface area contributed by atoms with Gasteiger partial charge < -0.3 is 0 Å². The molecule has 1 N–H and O–H groups in total. The third-order valence-corrected chi connectivity index (χ3v) is 22.8. The van der Waals surface area contributed by atoms with Crippen molar-refractivity contribution in [3.63, 3.8) is 0 Å². The monoisotopic (exact) mass is 590 g/mol. The minimum Gasteiger partial charge on any atom is -0.0622 e. The summed E-state index contributed by atoms with van der Waals surface area (Å²) in [6, 6.07) is 44.5. The molecule has 2 aliphatic rings. The van der Waals surface area contributed by atoms with E-state index >= 15 is 0 Å². The van der Waals surface area contributed by atoms with Crippen LogP contribution in [0.4, 0.5) is 0 Å². The van der Waals surface area contributed by atoms with E-state index in [1.807, 2.05) is 16.0 Å². The van der Waals surface area contributed by atoms with Gasteiger partial charge in [0.15, 0.2) is 0 Å².